The summed E-state index contributed by atoms with van der Waals surface area (Å²) < 4.78 is 28.5. The highest BCUT2D eigenvalue weighted by atomic mass is 79.9. The topological polar surface area (TPSA) is 40.6 Å². The maximum Gasteiger partial charge on any atom is 0.243 e. The number of sulfonamides is 1. The van der Waals surface area contributed by atoms with Crippen molar-refractivity contribution in [1.29, 1.82) is 0 Å². The molecular formula is C20H23BrN2O2S. The molecule has 2 aromatic carbocycles. The summed E-state index contributed by atoms with van der Waals surface area (Å²) in [6.07, 6.45) is 2.22. The fourth-order valence-corrected chi connectivity index (χ4v) is 5.89. The van der Waals surface area contributed by atoms with Crippen molar-refractivity contribution in [1.82, 2.24) is 9.21 Å². The van der Waals surface area contributed by atoms with Crippen molar-refractivity contribution in [2.45, 2.75) is 30.7 Å². The molecule has 138 valence electrons. The SMILES string of the molecule is Cc1ccc(S(=O)(=O)N2CCN([C@H]3CCc4cc(Br)ccc43)CC2)cc1. The first-order valence-corrected chi connectivity index (χ1v) is 11.3. The standard InChI is InChI=1S/C20H23BrN2O2S/c1-15-2-6-18(7-3-15)26(24,25)23-12-10-22(11-13-23)20-9-4-16-14-17(21)5-8-19(16)20/h2-3,5-8,14,20H,4,9-13H2,1H3/t20-/m0/s1. The van der Waals surface area contributed by atoms with Crippen LogP contribution in [-0.4, -0.2) is 43.8 Å². The molecule has 2 aromatic rings. The van der Waals surface area contributed by atoms with Crippen LogP contribution in [-0.2, 0) is 16.4 Å². The second-order valence-electron chi connectivity index (χ2n) is 7.15. The van der Waals surface area contributed by atoms with Crippen LogP contribution in [0.5, 0.6) is 0 Å². The Balaban J connectivity index is 1.46. The van der Waals surface area contributed by atoms with Gasteiger partial charge in [-0.15, -0.1) is 0 Å². The lowest BCUT2D eigenvalue weighted by molar-refractivity contribution is 0.137. The van der Waals surface area contributed by atoms with Crippen LogP contribution >= 0.6 is 15.9 Å². The normalized spacial score (nSPS) is 21.7. The van der Waals surface area contributed by atoms with E-state index in [1.807, 2.05) is 19.1 Å². The Morgan fingerprint density at radius 3 is 2.38 bits per heavy atom. The predicted octanol–water partition coefficient (Wildman–Crippen LogP) is 3.75. The first kappa shape index (κ1) is 18.2. The largest absolute Gasteiger partial charge is 0.294 e. The Morgan fingerprint density at radius 1 is 1.00 bits per heavy atom. The number of hydrogen-bond donors (Lipinski definition) is 0. The average molecular weight is 435 g/mol. The van der Waals surface area contributed by atoms with Crippen molar-refractivity contribution >= 4 is 26.0 Å². The van der Waals surface area contributed by atoms with Crippen LogP contribution in [0.3, 0.4) is 0 Å². The molecule has 0 aromatic heterocycles. The number of aryl methyl sites for hydroxylation is 2. The van der Waals surface area contributed by atoms with Gasteiger partial charge in [0.25, 0.3) is 0 Å². The zero-order valence-electron chi connectivity index (χ0n) is 14.9. The molecule has 4 nitrogen and oxygen atoms in total. The van der Waals surface area contributed by atoms with E-state index in [1.165, 1.54) is 11.1 Å². The minimum Gasteiger partial charge on any atom is -0.294 e. The highest BCUT2D eigenvalue weighted by Gasteiger charge is 2.34. The Bertz CT molecular complexity index is 904. The molecule has 4 rings (SSSR count). The summed E-state index contributed by atoms with van der Waals surface area (Å²) in [7, 11) is -3.39. The maximum absolute atomic E-state index is 12.9. The lowest BCUT2D eigenvalue weighted by Crippen LogP contribution is -2.49. The van der Waals surface area contributed by atoms with E-state index in [0.29, 0.717) is 24.0 Å². The van der Waals surface area contributed by atoms with Gasteiger partial charge in [0.15, 0.2) is 0 Å². The molecule has 1 fully saturated rings. The molecule has 0 amide bonds. The summed E-state index contributed by atoms with van der Waals surface area (Å²) in [6.45, 7) is 4.64. The third kappa shape index (κ3) is 3.36. The zero-order chi connectivity index (χ0) is 18.3. The Hall–Kier alpha value is -1.21. The second kappa shape index (κ2) is 7.08. The molecule has 0 unspecified atom stereocenters. The van der Waals surface area contributed by atoms with E-state index in [-0.39, 0.29) is 0 Å². The molecule has 2 aliphatic rings. The van der Waals surface area contributed by atoms with Crippen molar-refractivity contribution in [3.8, 4) is 0 Å². The van der Waals surface area contributed by atoms with Gasteiger partial charge < -0.3 is 0 Å². The highest BCUT2D eigenvalue weighted by Crippen LogP contribution is 2.37. The van der Waals surface area contributed by atoms with Gasteiger partial charge in [-0.2, -0.15) is 4.31 Å². The lowest BCUT2D eigenvalue weighted by Gasteiger charge is -2.37. The zero-order valence-corrected chi connectivity index (χ0v) is 17.3. The van der Waals surface area contributed by atoms with E-state index in [1.54, 1.807) is 16.4 Å². The first-order chi connectivity index (χ1) is 12.4. The van der Waals surface area contributed by atoms with Crippen LogP contribution in [0.1, 0.15) is 29.2 Å². The number of rotatable bonds is 3. The molecule has 1 aliphatic heterocycles. The first-order valence-electron chi connectivity index (χ1n) is 9.04. The number of nitrogens with zero attached hydrogens (tertiary/aromatic N) is 2. The summed E-state index contributed by atoms with van der Waals surface area (Å²) in [5.74, 6) is 0. The molecule has 1 aliphatic carbocycles. The van der Waals surface area contributed by atoms with Crippen LogP contribution in [0.2, 0.25) is 0 Å². The van der Waals surface area contributed by atoms with Crippen molar-refractivity contribution in [2.75, 3.05) is 26.2 Å². The van der Waals surface area contributed by atoms with Gasteiger partial charge in [-0.1, -0.05) is 39.7 Å². The molecule has 0 saturated carbocycles. The summed E-state index contributed by atoms with van der Waals surface area (Å²) in [4.78, 5) is 2.84. The minimum absolute atomic E-state index is 0.396. The summed E-state index contributed by atoms with van der Waals surface area (Å²) in [5, 5.41) is 0. The molecule has 26 heavy (non-hydrogen) atoms. The third-order valence-electron chi connectivity index (χ3n) is 5.52. The van der Waals surface area contributed by atoms with Gasteiger partial charge in [0, 0.05) is 36.7 Å². The van der Waals surface area contributed by atoms with Crippen LogP contribution in [0, 0.1) is 6.92 Å². The fraction of sp³-hybridized carbons (Fsp3) is 0.400. The molecule has 1 saturated heterocycles. The number of benzene rings is 2. The van der Waals surface area contributed by atoms with Gasteiger partial charge in [0.1, 0.15) is 0 Å². The van der Waals surface area contributed by atoms with Crippen molar-refractivity contribution in [3.05, 3.63) is 63.6 Å². The molecule has 1 atom stereocenters. The lowest BCUT2D eigenvalue weighted by atomic mass is 10.1. The number of hydrogen-bond acceptors (Lipinski definition) is 3. The van der Waals surface area contributed by atoms with Crippen molar-refractivity contribution in [2.24, 2.45) is 0 Å². The van der Waals surface area contributed by atoms with E-state index in [2.05, 4.69) is 39.0 Å². The van der Waals surface area contributed by atoms with Crippen LogP contribution in [0.15, 0.2) is 51.8 Å². The molecular weight excluding hydrogens is 412 g/mol. The van der Waals surface area contributed by atoms with E-state index in [0.717, 1.165) is 36.0 Å². The van der Waals surface area contributed by atoms with Crippen LogP contribution in [0.4, 0.5) is 0 Å². The average Bonchev–Trinajstić information content (AvgIpc) is 3.05. The summed E-state index contributed by atoms with van der Waals surface area (Å²) in [5.41, 5.74) is 3.89. The van der Waals surface area contributed by atoms with Crippen LogP contribution in [0.25, 0.3) is 0 Å². The fourth-order valence-electron chi connectivity index (χ4n) is 4.06. The molecule has 0 spiro atoms. The molecule has 6 heteroatoms. The number of fused-ring (bicyclic) bond motifs is 1. The number of halogens is 1. The second-order valence-corrected chi connectivity index (χ2v) is 10.0. The monoisotopic (exact) mass is 434 g/mol. The van der Waals surface area contributed by atoms with Crippen molar-refractivity contribution in [3.63, 3.8) is 0 Å². The smallest absolute Gasteiger partial charge is 0.243 e. The van der Waals surface area contributed by atoms with Gasteiger partial charge >= 0.3 is 0 Å². The van der Waals surface area contributed by atoms with Gasteiger partial charge in [-0.25, -0.2) is 8.42 Å². The molecule has 1 heterocycles. The van der Waals surface area contributed by atoms with E-state index >= 15 is 0 Å². The predicted molar refractivity (Wildman–Crippen MR) is 107 cm³/mol. The van der Waals surface area contributed by atoms with Gasteiger partial charge in [-0.3, -0.25) is 4.90 Å². The van der Waals surface area contributed by atoms with Gasteiger partial charge in [-0.05, 0) is 55.2 Å². The Morgan fingerprint density at radius 2 is 1.69 bits per heavy atom. The molecule has 0 radical (unpaired) electrons. The Labute approximate surface area is 164 Å². The number of piperazine rings is 1. The van der Waals surface area contributed by atoms with Gasteiger partial charge in [0.2, 0.25) is 10.0 Å². The van der Waals surface area contributed by atoms with Gasteiger partial charge in [0.05, 0.1) is 4.90 Å². The minimum atomic E-state index is -3.39. The van der Waals surface area contributed by atoms with E-state index in [4.69, 9.17) is 0 Å². The van der Waals surface area contributed by atoms with Crippen molar-refractivity contribution < 1.29 is 8.42 Å². The molecule has 0 N–H and O–H groups in total. The van der Waals surface area contributed by atoms with Crippen LogP contribution < -0.4 is 0 Å². The van der Waals surface area contributed by atoms with E-state index in [9.17, 15) is 8.42 Å². The summed E-state index contributed by atoms with van der Waals surface area (Å²) in [6, 6.07) is 14.1. The quantitative estimate of drug-likeness (QED) is 0.738. The summed E-state index contributed by atoms with van der Waals surface area (Å²) >= 11 is 3.55. The highest BCUT2D eigenvalue weighted by molar-refractivity contribution is 9.10. The molecule has 0 bridgehead atoms. The third-order valence-corrected chi connectivity index (χ3v) is 7.93. The Kier molecular flexibility index (Phi) is 4.94. The maximum atomic E-state index is 12.9. The van der Waals surface area contributed by atoms with E-state index < -0.39 is 10.0 Å².